The number of hydrogen-bond donors (Lipinski definition) is 1. The van der Waals surface area contributed by atoms with Crippen LogP contribution in [-0.2, 0) is 0 Å². The zero-order chi connectivity index (χ0) is 16.0. The monoisotopic (exact) mass is 307 g/mol. The van der Waals surface area contributed by atoms with Gasteiger partial charge in [-0.25, -0.2) is 9.97 Å². The predicted octanol–water partition coefficient (Wildman–Crippen LogP) is 3.05. The van der Waals surface area contributed by atoms with Crippen LogP contribution < -0.4 is 10.3 Å². The molecule has 0 amide bonds. The molecule has 0 atom stereocenters. The van der Waals surface area contributed by atoms with Crippen LogP contribution in [0.15, 0.2) is 45.6 Å². The molecule has 0 saturated carbocycles. The molecule has 0 fully saturated rings. The van der Waals surface area contributed by atoms with Crippen LogP contribution in [0.25, 0.3) is 33.6 Å². The Labute approximate surface area is 130 Å². The van der Waals surface area contributed by atoms with Crippen LogP contribution in [0.3, 0.4) is 0 Å². The second-order valence-electron chi connectivity index (χ2n) is 5.21. The Kier molecular flexibility index (Phi) is 2.90. The predicted molar refractivity (Wildman–Crippen MR) is 86.7 cm³/mol. The summed E-state index contributed by atoms with van der Waals surface area (Å²) in [5.41, 5.74) is 3.01. The molecular formula is C17H13N3O3. The number of aromatic amines is 1. The lowest BCUT2D eigenvalue weighted by Crippen LogP contribution is -2.04. The minimum atomic E-state index is -0.182. The number of oxazole rings is 1. The first kappa shape index (κ1) is 13.5. The molecule has 4 aromatic rings. The average Bonchev–Trinajstić information content (AvgIpc) is 2.99. The van der Waals surface area contributed by atoms with Gasteiger partial charge < -0.3 is 14.1 Å². The number of hydrogen-bond acceptors (Lipinski definition) is 5. The van der Waals surface area contributed by atoms with E-state index in [9.17, 15) is 4.79 Å². The van der Waals surface area contributed by atoms with Gasteiger partial charge >= 0.3 is 0 Å². The summed E-state index contributed by atoms with van der Waals surface area (Å²) in [5.74, 6) is 1.21. The number of aromatic nitrogens is 3. The normalized spacial score (nSPS) is 11.2. The molecule has 0 aliphatic rings. The standard InChI is InChI=1S/C17H13N3O3/c1-9-12-7-8-13(21)19-14(12)15-17(18-9)23-16(20-15)10-3-5-11(22-2)6-4-10/h3-8H,1-2H3,(H,19,21). The van der Waals surface area contributed by atoms with Crippen LogP contribution in [0.5, 0.6) is 5.75 Å². The van der Waals surface area contributed by atoms with Gasteiger partial charge in [-0.1, -0.05) is 0 Å². The number of pyridine rings is 2. The van der Waals surface area contributed by atoms with Gasteiger partial charge in [0.15, 0.2) is 5.52 Å². The maximum atomic E-state index is 11.6. The molecule has 0 radical (unpaired) electrons. The molecule has 0 saturated heterocycles. The van der Waals surface area contributed by atoms with Gasteiger partial charge in [-0.2, -0.15) is 0 Å². The number of nitrogens with one attached hydrogen (secondary N) is 1. The summed E-state index contributed by atoms with van der Waals surface area (Å²) < 4.78 is 10.9. The number of H-pyrrole nitrogens is 1. The first-order valence-corrected chi connectivity index (χ1v) is 7.10. The van der Waals surface area contributed by atoms with Crippen LogP contribution in [0.2, 0.25) is 0 Å². The van der Waals surface area contributed by atoms with Crippen LogP contribution in [0.1, 0.15) is 5.69 Å². The Balaban J connectivity index is 1.98. The Morgan fingerprint density at radius 3 is 2.61 bits per heavy atom. The third kappa shape index (κ3) is 2.15. The van der Waals surface area contributed by atoms with Crippen molar-refractivity contribution in [3.05, 3.63) is 52.4 Å². The molecule has 3 aromatic heterocycles. The molecule has 0 aliphatic carbocycles. The zero-order valence-corrected chi connectivity index (χ0v) is 12.6. The number of ether oxygens (including phenoxy) is 1. The minimum absolute atomic E-state index is 0.182. The summed E-state index contributed by atoms with van der Waals surface area (Å²) in [6, 6.07) is 10.6. The van der Waals surface area contributed by atoms with Crippen molar-refractivity contribution in [2.75, 3.05) is 7.11 Å². The van der Waals surface area contributed by atoms with E-state index >= 15 is 0 Å². The summed E-state index contributed by atoms with van der Waals surface area (Å²) in [7, 11) is 1.61. The molecule has 0 spiro atoms. The molecule has 3 heterocycles. The van der Waals surface area contributed by atoms with Gasteiger partial charge in [0.2, 0.25) is 17.2 Å². The van der Waals surface area contributed by atoms with Crippen LogP contribution in [0.4, 0.5) is 0 Å². The molecule has 0 aliphatic heterocycles. The molecule has 114 valence electrons. The van der Waals surface area contributed by atoms with E-state index in [4.69, 9.17) is 9.15 Å². The average molecular weight is 307 g/mol. The second kappa shape index (κ2) is 4.95. The van der Waals surface area contributed by atoms with Gasteiger partial charge in [0.1, 0.15) is 5.75 Å². The third-order valence-corrected chi connectivity index (χ3v) is 3.76. The van der Waals surface area contributed by atoms with Gasteiger partial charge in [0.25, 0.3) is 0 Å². The van der Waals surface area contributed by atoms with Crippen molar-refractivity contribution in [2.45, 2.75) is 6.92 Å². The van der Waals surface area contributed by atoms with E-state index in [1.165, 1.54) is 6.07 Å². The van der Waals surface area contributed by atoms with Crippen LogP contribution in [0, 0.1) is 6.92 Å². The molecule has 1 N–H and O–H groups in total. The van der Waals surface area contributed by atoms with Gasteiger partial charge in [-0.05, 0) is 37.3 Å². The van der Waals surface area contributed by atoms with Crippen molar-refractivity contribution in [3.63, 3.8) is 0 Å². The van der Waals surface area contributed by atoms with Crippen LogP contribution in [-0.4, -0.2) is 22.1 Å². The van der Waals surface area contributed by atoms with Gasteiger partial charge in [0, 0.05) is 17.0 Å². The van der Waals surface area contributed by atoms with Gasteiger partial charge in [-0.15, -0.1) is 0 Å². The van der Waals surface area contributed by atoms with Crippen molar-refractivity contribution < 1.29 is 9.15 Å². The van der Waals surface area contributed by atoms with E-state index in [0.717, 1.165) is 22.4 Å². The third-order valence-electron chi connectivity index (χ3n) is 3.76. The smallest absolute Gasteiger partial charge is 0.249 e. The fourth-order valence-corrected chi connectivity index (χ4v) is 2.58. The lowest BCUT2D eigenvalue weighted by atomic mass is 10.2. The van der Waals surface area contributed by atoms with E-state index in [1.807, 2.05) is 31.2 Å². The highest BCUT2D eigenvalue weighted by molar-refractivity contribution is 6.00. The fraction of sp³-hybridized carbons (Fsp3) is 0.118. The highest BCUT2D eigenvalue weighted by Gasteiger charge is 2.14. The van der Waals surface area contributed by atoms with Crippen molar-refractivity contribution in [2.24, 2.45) is 0 Å². The highest BCUT2D eigenvalue weighted by Crippen LogP contribution is 2.29. The molecule has 4 rings (SSSR count). The largest absolute Gasteiger partial charge is 0.497 e. The topological polar surface area (TPSA) is 81.0 Å². The summed E-state index contributed by atoms with van der Waals surface area (Å²) >= 11 is 0. The van der Waals surface area contributed by atoms with E-state index in [1.54, 1.807) is 13.2 Å². The van der Waals surface area contributed by atoms with E-state index in [0.29, 0.717) is 22.6 Å². The van der Waals surface area contributed by atoms with Crippen LogP contribution >= 0.6 is 0 Å². The summed E-state index contributed by atoms with van der Waals surface area (Å²) in [4.78, 5) is 23.4. The zero-order valence-electron chi connectivity index (χ0n) is 12.6. The molecule has 23 heavy (non-hydrogen) atoms. The fourth-order valence-electron chi connectivity index (χ4n) is 2.58. The molecule has 0 bridgehead atoms. The Bertz CT molecular complexity index is 1080. The maximum Gasteiger partial charge on any atom is 0.249 e. The Morgan fingerprint density at radius 2 is 1.87 bits per heavy atom. The Hall–Kier alpha value is -3.15. The lowest BCUT2D eigenvalue weighted by molar-refractivity contribution is 0.415. The minimum Gasteiger partial charge on any atom is -0.497 e. The van der Waals surface area contributed by atoms with E-state index in [2.05, 4.69) is 15.0 Å². The van der Waals surface area contributed by atoms with E-state index in [-0.39, 0.29) is 5.56 Å². The molecule has 0 unspecified atom stereocenters. The van der Waals surface area contributed by atoms with Crippen molar-refractivity contribution in [3.8, 4) is 17.2 Å². The molecule has 1 aromatic carbocycles. The van der Waals surface area contributed by atoms with Crippen molar-refractivity contribution in [1.82, 2.24) is 15.0 Å². The first-order chi connectivity index (χ1) is 11.2. The summed E-state index contributed by atoms with van der Waals surface area (Å²) in [6.45, 7) is 1.87. The molecular weight excluding hydrogens is 294 g/mol. The summed E-state index contributed by atoms with van der Waals surface area (Å²) in [6.07, 6.45) is 0. The molecule has 6 nitrogen and oxygen atoms in total. The SMILES string of the molecule is COc1ccc(-c2nc3c(nc(C)c4ccc(=O)[nH]c43)o2)cc1. The lowest BCUT2D eigenvalue weighted by Gasteiger charge is -1.99. The van der Waals surface area contributed by atoms with Crippen molar-refractivity contribution >= 4 is 22.1 Å². The van der Waals surface area contributed by atoms with E-state index < -0.39 is 0 Å². The summed E-state index contributed by atoms with van der Waals surface area (Å²) in [5, 5.41) is 0.853. The Morgan fingerprint density at radius 1 is 1.09 bits per heavy atom. The van der Waals surface area contributed by atoms with Crippen molar-refractivity contribution in [1.29, 1.82) is 0 Å². The quantitative estimate of drug-likeness (QED) is 0.615. The van der Waals surface area contributed by atoms with Gasteiger partial charge in [-0.3, -0.25) is 4.79 Å². The maximum absolute atomic E-state index is 11.6. The number of fused-ring (bicyclic) bond motifs is 3. The number of nitrogens with zero attached hydrogens (tertiary/aromatic N) is 2. The second-order valence-corrected chi connectivity index (χ2v) is 5.21. The highest BCUT2D eigenvalue weighted by atomic mass is 16.5. The number of rotatable bonds is 2. The number of aryl methyl sites for hydroxylation is 1. The number of benzene rings is 1. The first-order valence-electron chi connectivity index (χ1n) is 7.10. The van der Waals surface area contributed by atoms with Gasteiger partial charge in [0.05, 0.1) is 18.3 Å². The molecule has 6 heteroatoms. The number of methoxy groups -OCH3 is 1.